The number of ketones is 1. The lowest BCUT2D eigenvalue weighted by Crippen LogP contribution is -2.27. The average molecular weight is 498 g/mol. The Morgan fingerprint density at radius 1 is 0.811 bits per heavy atom. The number of aryl methyl sites for hydroxylation is 1. The molecule has 1 unspecified atom stereocenters. The van der Waals surface area contributed by atoms with Crippen molar-refractivity contribution >= 4 is 22.5 Å². The number of hydrogen-bond acceptors (Lipinski definition) is 5. The minimum absolute atomic E-state index is 0.0337. The molecule has 2 N–H and O–H groups in total. The highest BCUT2D eigenvalue weighted by Gasteiger charge is 2.16. The third kappa shape index (κ3) is 7.66. The van der Waals surface area contributed by atoms with Crippen LogP contribution in [0.3, 0.4) is 0 Å². The van der Waals surface area contributed by atoms with Crippen molar-refractivity contribution in [2.24, 2.45) is 0 Å². The van der Waals surface area contributed by atoms with Gasteiger partial charge in [-0.2, -0.15) is 0 Å². The van der Waals surface area contributed by atoms with Crippen molar-refractivity contribution in [2.45, 2.75) is 32.4 Å². The average Bonchev–Trinajstić information content (AvgIpc) is 2.93. The molecule has 0 saturated carbocycles. The summed E-state index contributed by atoms with van der Waals surface area (Å²) in [5.41, 5.74) is 2.46. The number of hydrogen-bond donors (Lipinski definition) is 2. The van der Waals surface area contributed by atoms with Crippen molar-refractivity contribution in [3.63, 3.8) is 0 Å². The number of benzene rings is 4. The summed E-state index contributed by atoms with van der Waals surface area (Å²) in [5, 5.41) is 15.3. The van der Waals surface area contributed by atoms with Crippen molar-refractivity contribution in [1.82, 2.24) is 5.32 Å². The molecule has 0 aliphatic carbocycles. The Morgan fingerprint density at radius 3 is 2.16 bits per heavy atom. The summed E-state index contributed by atoms with van der Waals surface area (Å²) in [5.74, 6) is 0.933. The molecule has 0 heterocycles. The van der Waals surface area contributed by atoms with E-state index in [0.29, 0.717) is 36.4 Å². The number of aliphatic hydroxyl groups is 1. The van der Waals surface area contributed by atoms with Gasteiger partial charge < -0.3 is 24.7 Å². The molecule has 0 fully saturated rings. The molecule has 4 aromatic rings. The van der Waals surface area contributed by atoms with E-state index in [4.69, 9.17) is 9.47 Å². The number of nitrogens with one attached hydrogen (secondary N) is 1. The van der Waals surface area contributed by atoms with E-state index >= 15 is 0 Å². The summed E-state index contributed by atoms with van der Waals surface area (Å²) in [6.07, 6.45) is 0.306. The normalized spacial score (nSPS) is 11.6. The highest BCUT2D eigenvalue weighted by molar-refractivity contribution is 6.01. The highest BCUT2D eigenvalue weighted by Crippen LogP contribution is 2.26. The molecule has 6 heteroatoms. The Kier molecular flexibility index (Phi) is 8.89. The summed E-state index contributed by atoms with van der Waals surface area (Å²) >= 11 is 0. The first-order valence-electron chi connectivity index (χ1n) is 12.3. The summed E-state index contributed by atoms with van der Waals surface area (Å²) in [7, 11) is 0. The van der Waals surface area contributed by atoms with Crippen molar-refractivity contribution in [3.8, 4) is 11.5 Å². The van der Waals surface area contributed by atoms with Gasteiger partial charge in [-0.05, 0) is 59.5 Å². The fraction of sp³-hybridized carbons (Fsp3) is 0.226. The molecule has 190 valence electrons. The second-order valence-corrected chi connectivity index (χ2v) is 8.99. The van der Waals surface area contributed by atoms with E-state index in [1.165, 1.54) is 0 Å². The van der Waals surface area contributed by atoms with Crippen molar-refractivity contribution in [2.75, 3.05) is 13.2 Å². The Hall–Kier alpha value is -4.16. The predicted molar refractivity (Wildman–Crippen MR) is 144 cm³/mol. The SMILES string of the molecule is CC(=O)CCc1ccc(OCC(O)COc2cc3ccccc3cc2C(=O)NCc2ccccc2)cc1. The summed E-state index contributed by atoms with van der Waals surface area (Å²) < 4.78 is 11.6. The molecule has 0 aromatic heterocycles. The third-order valence-electron chi connectivity index (χ3n) is 5.95. The van der Waals surface area contributed by atoms with Crippen LogP contribution in [0.1, 0.15) is 34.8 Å². The van der Waals surface area contributed by atoms with E-state index < -0.39 is 6.10 Å². The Bertz CT molecular complexity index is 1340. The Morgan fingerprint density at radius 2 is 1.46 bits per heavy atom. The van der Waals surface area contributed by atoms with Crippen molar-refractivity contribution in [3.05, 3.63) is 108 Å². The van der Waals surface area contributed by atoms with Gasteiger partial charge in [-0.15, -0.1) is 0 Å². The molecule has 0 aliphatic rings. The maximum absolute atomic E-state index is 13.1. The van der Waals surface area contributed by atoms with Crippen molar-refractivity contribution < 1.29 is 24.2 Å². The number of fused-ring (bicyclic) bond motifs is 1. The van der Waals surface area contributed by atoms with E-state index in [1.807, 2.05) is 91.0 Å². The molecule has 0 saturated heterocycles. The standard InChI is InChI=1S/C31H31NO5/c1-22(33)11-12-23-13-15-28(16-14-23)36-20-27(34)21-37-30-18-26-10-6-5-9-25(26)17-29(30)31(35)32-19-24-7-3-2-4-8-24/h2-10,13-18,27,34H,11-12,19-21H2,1H3,(H,32,35). The molecule has 1 amide bonds. The quantitative estimate of drug-likeness (QED) is 0.284. The molecule has 4 aromatic carbocycles. The van der Waals surface area contributed by atoms with Crippen molar-refractivity contribution in [1.29, 1.82) is 0 Å². The second kappa shape index (κ2) is 12.7. The minimum atomic E-state index is -0.899. The zero-order chi connectivity index (χ0) is 26.0. The molecule has 6 nitrogen and oxygen atoms in total. The van der Waals surface area contributed by atoms with E-state index in [1.54, 1.807) is 6.92 Å². The van der Waals surface area contributed by atoms with Gasteiger partial charge in [-0.3, -0.25) is 4.79 Å². The molecule has 0 radical (unpaired) electrons. The number of Topliss-reactive ketones (excluding diaryl/α,β-unsaturated/α-hetero) is 1. The Balaban J connectivity index is 1.37. The molecule has 37 heavy (non-hydrogen) atoms. The zero-order valence-electron chi connectivity index (χ0n) is 20.9. The Labute approximate surface area is 216 Å². The zero-order valence-corrected chi connectivity index (χ0v) is 20.9. The minimum Gasteiger partial charge on any atom is -0.491 e. The number of aliphatic hydroxyl groups excluding tert-OH is 1. The third-order valence-corrected chi connectivity index (χ3v) is 5.95. The van der Waals surface area contributed by atoms with Gasteiger partial charge in [0.2, 0.25) is 0 Å². The van der Waals surface area contributed by atoms with E-state index in [-0.39, 0.29) is 24.9 Å². The fourth-order valence-corrected chi connectivity index (χ4v) is 3.89. The number of rotatable bonds is 12. The van der Waals surface area contributed by atoms with Gasteiger partial charge in [0, 0.05) is 13.0 Å². The lowest BCUT2D eigenvalue weighted by molar-refractivity contribution is -0.116. The lowest BCUT2D eigenvalue weighted by Gasteiger charge is -2.17. The van der Waals surface area contributed by atoms with Gasteiger partial charge in [0.1, 0.15) is 36.6 Å². The number of carbonyl (C=O) groups is 2. The second-order valence-electron chi connectivity index (χ2n) is 8.99. The summed E-state index contributed by atoms with van der Waals surface area (Å²) in [6, 6.07) is 28.5. The molecule has 0 spiro atoms. The lowest BCUT2D eigenvalue weighted by atomic mass is 10.0. The van der Waals surface area contributed by atoms with Gasteiger partial charge in [0.25, 0.3) is 5.91 Å². The van der Waals surface area contributed by atoms with Crippen LogP contribution in [0.25, 0.3) is 10.8 Å². The molecule has 0 bridgehead atoms. The number of ether oxygens (including phenoxy) is 2. The maximum Gasteiger partial charge on any atom is 0.255 e. The highest BCUT2D eigenvalue weighted by atomic mass is 16.5. The molecular weight excluding hydrogens is 466 g/mol. The first-order valence-corrected chi connectivity index (χ1v) is 12.3. The summed E-state index contributed by atoms with van der Waals surface area (Å²) in [6.45, 7) is 1.98. The van der Waals surface area contributed by atoms with Crippen LogP contribution in [0.15, 0.2) is 91.0 Å². The molecule has 0 aliphatic heterocycles. The van der Waals surface area contributed by atoms with Crippen LogP contribution in [0.2, 0.25) is 0 Å². The molecule has 1 atom stereocenters. The van der Waals surface area contributed by atoms with Gasteiger partial charge in [0.05, 0.1) is 5.56 Å². The van der Waals surface area contributed by atoms with Crippen LogP contribution in [0.5, 0.6) is 11.5 Å². The largest absolute Gasteiger partial charge is 0.491 e. The summed E-state index contributed by atoms with van der Waals surface area (Å²) in [4.78, 5) is 24.2. The van der Waals surface area contributed by atoms with Crippen LogP contribution >= 0.6 is 0 Å². The predicted octanol–water partition coefficient (Wildman–Crippen LogP) is 5.11. The number of carbonyl (C=O) groups excluding carboxylic acids is 2. The van der Waals surface area contributed by atoms with Crippen LogP contribution < -0.4 is 14.8 Å². The topological polar surface area (TPSA) is 84.9 Å². The van der Waals surface area contributed by atoms with E-state index in [0.717, 1.165) is 21.9 Å². The smallest absolute Gasteiger partial charge is 0.255 e. The fourth-order valence-electron chi connectivity index (χ4n) is 3.89. The first-order chi connectivity index (χ1) is 18.0. The first kappa shape index (κ1) is 25.9. The van der Waals surface area contributed by atoms with Gasteiger partial charge >= 0.3 is 0 Å². The van der Waals surface area contributed by atoms with Gasteiger partial charge in [0.15, 0.2) is 0 Å². The van der Waals surface area contributed by atoms with Crippen LogP contribution in [0, 0.1) is 0 Å². The molecule has 4 rings (SSSR count). The van der Waals surface area contributed by atoms with Crippen LogP contribution in [-0.2, 0) is 17.8 Å². The molecular formula is C31H31NO5. The monoisotopic (exact) mass is 497 g/mol. The van der Waals surface area contributed by atoms with Gasteiger partial charge in [-0.1, -0.05) is 66.7 Å². The van der Waals surface area contributed by atoms with Gasteiger partial charge in [-0.25, -0.2) is 0 Å². The number of amides is 1. The van der Waals surface area contributed by atoms with E-state index in [2.05, 4.69) is 5.32 Å². The maximum atomic E-state index is 13.1. The van der Waals surface area contributed by atoms with E-state index in [9.17, 15) is 14.7 Å². The van der Waals surface area contributed by atoms with Crippen LogP contribution in [0.4, 0.5) is 0 Å². The van der Waals surface area contributed by atoms with Crippen LogP contribution in [-0.4, -0.2) is 36.1 Å².